The fourth-order valence-electron chi connectivity index (χ4n) is 19.5. The van der Waals surface area contributed by atoms with E-state index in [9.17, 15) is 136 Å². The number of aliphatic carboxylic acids is 1. The molecule has 0 aromatic carbocycles. The van der Waals surface area contributed by atoms with Gasteiger partial charge in [0, 0.05) is 40.5 Å². The summed E-state index contributed by atoms with van der Waals surface area (Å²) >= 11 is 0. The fourth-order valence-corrected chi connectivity index (χ4v) is 19.5. The first kappa shape index (κ1) is 125. The lowest BCUT2D eigenvalue weighted by Gasteiger charge is -2.53. The van der Waals surface area contributed by atoms with Crippen LogP contribution in [0.5, 0.6) is 0 Å². The van der Waals surface area contributed by atoms with Crippen LogP contribution in [0.25, 0.3) is 0 Å². The van der Waals surface area contributed by atoms with Crippen LogP contribution >= 0.6 is 0 Å². The molecule has 0 aromatic rings. The SMILES string of the molecule is CCCCCCCCCCCCC/C=C/[C@@H](O)[C@H](CO[C@@H]1OC(CO)[C@@H](O[C@@H]2OC(CO)[C@H](O[C@@H]3OC(CO)[C@H](O)[C@H](O)C3NC(C)=O)[C@H](O[C@@H]3OC(CO)[C@@H](O)[C@H](O[C@@H]4OC(CO)[C@H](O[C@@H]5OC(CO)[C@H](O)[C@H](O)C5NC(C)=O)[C@H](O[C@]5(C(=O)O)CC(O)[C@@H](NC(C)=O)C([C@H](O)[C@H](O)CO)O5)C4O)C3NC(C)=O)C2O)[C@H](O)C1O)NC(=O)CCCCCCCCCCCCCCCCCCCCCCCCC. The Morgan fingerprint density at radius 2 is 0.706 bits per heavy atom. The van der Waals surface area contributed by atoms with Crippen molar-refractivity contribution < 1.29 is 202 Å². The molecular weight excluding hydrogens is 1890 g/mol. The number of amides is 5. The Kier molecular flexibility index (Phi) is 57.8. The summed E-state index contributed by atoms with van der Waals surface area (Å²) in [5.41, 5.74) is 0. The van der Waals surface area contributed by atoms with Gasteiger partial charge in [-0.25, -0.2) is 4.79 Å². The summed E-state index contributed by atoms with van der Waals surface area (Å²) in [5, 5.41) is 253. The number of aliphatic hydroxyl groups is 20. The van der Waals surface area contributed by atoms with Gasteiger partial charge in [-0.2, -0.15) is 0 Å². The second-order valence-electron chi connectivity index (χ2n) is 39.2. The molecule has 832 valence electrons. The van der Waals surface area contributed by atoms with Crippen molar-refractivity contribution >= 4 is 35.5 Å². The molecule has 14 unspecified atom stereocenters. The van der Waals surface area contributed by atoms with E-state index in [1.165, 1.54) is 154 Å². The molecule has 38 atom stereocenters. The van der Waals surface area contributed by atoms with E-state index in [2.05, 4.69) is 40.4 Å². The quantitative estimate of drug-likeness (QED) is 0.0232. The minimum atomic E-state index is -3.49. The van der Waals surface area contributed by atoms with Gasteiger partial charge in [0.05, 0.1) is 77.1 Å². The van der Waals surface area contributed by atoms with E-state index in [0.29, 0.717) is 12.8 Å². The molecule has 7 aliphatic heterocycles. The number of carbonyl (C=O) groups is 6. The van der Waals surface area contributed by atoms with E-state index in [4.69, 9.17) is 66.3 Å². The van der Waals surface area contributed by atoms with E-state index in [0.717, 1.165) is 91.9 Å². The van der Waals surface area contributed by atoms with Crippen molar-refractivity contribution in [2.24, 2.45) is 0 Å². The molecule has 7 rings (SSSR count). The summed E-state index contributed by atoms with van der Waals surface area (Å²) in [6.07, 6.45) is -26.4. The summed E-state index contributed by atoms with van der Waals surface area (Å²) in [6, 6.07) is -8.91. The molecular formula is C97H173N5O41. The third kappa shape index (κ3) is 38.5. The van der Waals surface area contributed by atoms with Gasteiger partial charge in [-0.15, -0.1) is 0 Å². The zero-order valence-electron chi connectivity index (χ0n) is 83.9. The number of aliphatic hydroxyl groups excluding tert-OH is 20. The normalized spacial score (nSPS) is 35.3. The lowest BCUT2D eigenvalue weighted by Crippen LogP contribution is -2.73. The van der Waals surface area contributed by atoms with Crippen molar-refractivity contribution in [1.82, 2.24) is 26.6 Å². The standard InChI is InChI=1S/C97H173N5O41/c1-7-9-11-13-15-17-19-21-22-23-24-25-26-27-28-29-30-32-34-36-38-40-42-44-68(117)102-58(59(114)43-41-39-37-35-33-31-20-18-16-14-12-10-8-2)53-130-93-80(125)79(124)83(65(50-107)134-93)137-94-81(126)88(84(66(51-108)135-94)138-90-70(99-55(4)111)77(122)74(119)62(47-104)131-90)141-92-72(101-57(6)113)86(76(121)64(49-106)133-92)140-95-82(127)89(85(67(52-109)136-95)139-91-71(100-56(5)112)78(123)75(120)63(48-105)132-91)143-97(96(128)129)45-60(115)69(98-54(3)110)87(142-97)73(118)61(116)46-103/h41,43,58-67,69-95,103-109,114-116,118-127H,7-40,42,44-53H2,1-6H3,(H,98,110)(H,99,111)(H,100,112)(H,101,113)(H,102,117)(H,128,129)/b43-41+/t58-,59+,60?,61+,62?,63?,64?,65?,66?,67?,69+,70?,71?,72?,73+,74-,75-,76+,77+,78+,79+,80?,81?,82?,83+,84-,85-,86+,87?,88+,89+,90-,91-,92-,93+,94-,95-,97-/m0/s1. The highest BCUT2D eigenvalue weighted by Crippen LogP contribution is 2.43. The number of hydrogen-bond acceptors (Lipinski definition) is 40. The monoisotopic (exact) mass is 2060 g/mol. The third-order valence-corrected chi connectivity index (χ3v) is 27.6. The van der Waals surface area contributed by atoms with Gasteiger partial charge < -0.3 is 200 Å². The first-order chi connectivity index (χ1) is 68.5. The molecule has 0 saturated carbocycles. The van der Waals surface area contributed by atoms with Crippen LogP contribution in [0.3, 0.4) is 0 Å². The van der Waals surface area contributed by atoms with Crippen LogP contribution in [0.2, 0.25) is 0 Å². The Morgan fingerprint density at radius 1 is 0.364 bits per heavy atom. The molecule has 46 nitrogen and oxygen atoms in total. The maximum Gasteiger partial charge on any atom is 0.364 e. The molecule has 0 aromatic heterocycles. The van der Waals surface area contributed by atoms with E-state index >= 15 is 0 Å². The number of nitrogens with one attached hydrogen (secondary N) is 5. The van der Waals surface area contributed by atoms with Crippen LogP contribution in [0.4, 0.5) is 0 Å². The second-order valence-corrected chi connectivity index (χ2v) is 39.2. The lowest BCUT2D eigenvalue weighted by molar-refractivity contribution is -0.404. The van der Waals surface area contributed by atoms with Gasteiger partial charge in [-0.1, -0.05) is 231 Å². The van der Waals surface area contributed by atoms with Gasteiger partial charge in [0.25, 0.3) is 5.79 Å². The average molecular weight is 2070 g/mol. The summed E-state index contributed by atoms with van der Waals surface area (Å²) in [6.45, 7) is -0.640. The van der Waals surface area contributed by atoms with Gasteiger partial charge in [0.2, 0.25) is 29.5 Å². The summed E-state index contributed by atoms with van der Waals surface area (Å²) in [7, 11) is 0. The summed E-state index contributed by atoms with van der Waals surface area (Å²) < 4.78 is 86.5. The third-order valence-electron chi connectivity index (χ3n) is 27.6. The number of unbranched alkanes of at least 4 members (excludes halogenated alkanes) is 33. The molecule has 7 aliphatic rings. The minimum Gasteiger partial charge on any atom is -0.477 e. The van der Waals surface area contributed by atoms with E-state index in [1.807, 2.05) is 0 Å². The first-order valence-corrected chi connectivity index (χ1v) is 52.1. The Balaban J connectivity index is 1.14. The van der Waals surface area contributed by atoms with Gasteiger partial charge in [0.1, 0.15) is 165 Å². The molecule has 7 saturated heterocycles. The Labute approximate surface area is 837 Å². The smallest absolute Gasteiger partial charge is 0.364 e. The summed E-state index contributed by atoms with van der Waals surface area (Å²) in [5.74, 6) is -9.91. The largest absolute Gasteiger partial charge is 0.477 e. The molecule has 0 spiro atoms. The Bertz CT molecular complexity index is 3580. The van der Waals surface area contributed by atoms with Crippen LogP contribution in [0.15, 0.2) is 12.2 Å². The molecule has 0 bridgehead atoms. The van der Waals surface area contributed by atoms with Crippen LogP contribution in [-0.4, -0.2) is 428 Å². The van der Waals surface area contributed by atoms with Gasteiger partial charge in [-0.3, -0.25) is 24.0 Å². The topological polar surface area (TPSA) is 717 Å². The molecule has 7 heterocycles. The molecule has 7 fully saturated rings. The lowest BCUT2D eigenvalue weighted by atomic mass is 9.88. The molecule has 0 aliphatic carbocycles. The van der Waals surface area contributed by atoms with Crippen molar-refractivity contribution in [2.75, 3.05) is 52.9 Å². The van der Waals surface area contributed by atoms with Crippen LogP contribution in [0.1, 0.15) is 279 Å². The number of hydrogen-bond donors (Lipinski definition) is 26. The van der Waals surface area contributed by atoms with Gasteiger partial charge in [-0.05, 0) is 19.3 Å². The number of rotatable bonds is 68. The van der Waals surface area contributed by atoms with Crippen LogP contribution in [0, 0.1) is 0 Å². The highest BCUT2D eigenvalue weighted by molar-refractivity contribution is 5.77. The first-order valence-electron chi connectivity index (χ1n) is 52.1. The molecule has 0 radical (unpaired) electrons. The maximum atomic E-state index is 14.0. The molecule has 26 N–H and O–H groups in total. The highest BCUT2D eigenvalue weighted by atomic mass is 16.8. The average Bonchev–Trinajstić information content (AvgIpc) is 0.745. The fraction of sp³-hybridized carbons (Fsp3) is 0.918. The van der Waals surface area contributed by atoms with Gasteiger partial charge >= 0.3 is 5.97 Å². The Hall–Kier alpha value is -4.80. The number of carboxylic acids is 1. The predicted molar refractivity (Wildman–Crippen MR) is 504 cm³/mol. The van der Waals surface area contributed by atoms with Crippen molar-refractivity contribution in [1.29, 1.82) is 0 Å². The van der Waals surface area contributed by atoms with Crippen LogP contribution < -0.4 is 26.6 Å². The molecule has 143 heavy (non-hydrogen) atoms. The van der Waals surface area contributed by atoms with Crippen LogP contribution in [-0.2, 0) is 95.1 Å². The zero-order chi connectivity index (χ0) is 105. The van der Waals surface area contributed by atoms with Crippen molar-refractivity contribution in [3.63, 3.8) is 0 Å². The number of carboxylic acid groups (broad SMARTS) is 1. The van der Waals surface area contributed by atoms with Crippen molar-refractivity contribution in [2.45, 2.75) is 512 Å². The number of carbonyl (C=O) groups excluding carboxylic acids is 5. The molecule has 5 amide bonds. The predicted octanol–water partition coefficient (Wildman–Crippen LogP) is -1.99. The minimum absolute atomic E-state index is 0.104. The van der Waals surface area contributed by atoms with Crippen molar-refractivity contribution in [3.05, 3.63) is 12.2 Å². The van der Waals surface area contributed by atoms with Gasteiger partial charge in [0.15, 0.2) is 37.7 Å². The maximum absolute atomic E-state index is 14.0. The Morgan fingerprint density at radius 3 is 1.12 bits per heavy atom. The van der Waals surface area contributed by atoms with E-state index in [1.54, 1.807) is 6.08 Å². The second kappa shape index (κ2) is 66.1. The summed E-state index contributed by atoms with van der Waals surface area (Å²) in [4.78, 5) is 79.9. The number of ether oxygens (including phenoxy) is 14. The molecule has 46 heteroatoms. The number of allylic oxidation sites excluding steroid dienone is 1. The van der Waals surface area contributed by atoms with E-state index < -0.39 is 327 Å². The zero-order valence-corrected chi connectivity index (χ0v) is 83.9. The highest BCUT2D eigenvalue weighted by Gasteiger charge is 2.64. The van der Waals surface area contributed by atoms with Crippen molar-refractivity contribution in [3.8, 4) is 0 Å². The van der Waals surface area contributed by atoms with E-state index in [-0.39, 0.29) is 6.42 Å².